The molecule has 4 heterocycles. The molecule has 1 aliphatic carbocycles. The van der Waals surface area contributed by atoms with Gasteiger partial charge in [0.05, 0.1) is 12.2 Å². The van der Waals surface area contributed by atoms with Crippen molar-refractivity contribution in [2.24, 2.45) is 5.41 Å². The molecule has 1 saturated carbocycles. The van der Waals surface area contributed by atoms with E-state index >= 15 is 4.39 Å². The van der Waals surface area contributed by atoms with Gasteiger partial charge in [-0.05, 0) is 31.9 Å². The lowest BCUT2D eigenvalue weighted by Crippen LogP contribution is -2.63. The molecule has 1 amide bonds. The Bertz CT molecular complexity index is 914. The maximum absolute atomic E-state index is 15.5. The Labute approximate surface area is 185 Å². The molecule has 31 heavy (non-hydrogen) atoms. The van der Waals surface area contributed by atoms with Crippen molar-refractivity contribution in [3.05, 3.63) is 23.8 Å². The van der Waals surface area contributed by atoms with E-state index in [0.717, 1.165) is 55.4 Å². The van der Waals surface area contributed by atoms with Gasteiger partial charge in [-0.2, -0.15) is 0 Å². The maximum atomic E-state index is 15.5. The summed E-state index contributed by atoms with van der Waals surface area (Å²) in [6, 6.07) is 3.87. The van der Waals surface area contributed by atoms with Crippen LogP contribution in [0.25, 0.3) is 10.6 Å². The Balaban J connectivity index is 1.20. The summed E-state index contributed by atoms with van der Waals surface area (Å²) in [4.78, 5) is 22.7. The van der Waals surface area contributed by atoms with Crippen LogP contribution in [-0.4, -0.2) is 89.2 Å². The Morgan fingerprint density at radius 1 is 1.32 bits per heavy atom. The number of amides is 1. The number of hydrogen-bond acceptors (Lipinski definition) is 8. The number of ether oxygens (including phenoxy) is 1. The molecule has 3 aliphatic rings. The first-order chi connectivity index (χ1) is 15.1. The Kier molecular flexibility index (Phi) is 5.51. The van der Waals surface area contributed by atoms with Crippen molar-refractivity contribution in [3.8, 4) is 10.6 Å². The highest BCUT2D eigenvalue weighted by Crippen LogP contribution is 2.49. The second kappa shape index (κ2) is 8.31. The SMILES string of the molecule is CCOC(=O)N1CC2(CCC(N3CCN(c4ncccc4-c4nncs4)CC3)C2F)C1. The van der Waals surface area contributed by atoms with Gasteiger partial charge in [0.25, 0.3) is 0 Å². The van der Waals surface area contributed by atoms with Gasteiger partial charge in [-0.3, -0.25) is 4.90 Å². The number of nitrogens with zero attached hydrogens (tertiary/aromatic N) is 6. The van der Waals surface area contributed by atoms with Crippen LogP contribution in [-0.2, 0) is 4.74 Å². The van der Waals surface area contributed by atoms with E-state index in [1.165, 1.54) is 11.3 Å². The summed E-state index contributed by atoms with van der Waals surface area (Å²) >= 11 is 1.50. The van der Waals surface area contributed by atoms with E-state index in [1.54, 1.807) is 23.5 Å². The van der Waals surface area contributed by atoms with Gasteiger partial charge in [0.15, 0.2) is 5.01 Å². The third-order valence-electron chi connectivity index (χ3n) is 6.86. The predicted molar refractivity (Wildman–Crippen MR) is 116 cm³/mol. The zero-order chi connectivity index (χ0) is 21.4. The van der Waals surface area contributed by atoms with Crippen LogP contribution in [0.1, 0.15) is 19.8 Å². The lowest BCUT2D eigenvalue weighted by Gasteiger charge is -2.49. The molecular weight excluding hydrogens is 419 g/mol. The molecule has 2 atom stereocenters. The predicted octanol–water partition coefficient (Wildman–Crippen LogP) is 2.68. The lowest BCUT2D eigenvalue weighted by atomic mass is 9.77. The van der Waals surface area contributed by atoms with Gasteiger partial charge in [0, 0.05) is 56.9 Å². The van der Waals surface area contributed by atoms with Crippen LogP contribution in [0.5, 0.6) is 0 Å². The summed E-state index contributed by atoms with van der Waals surface area (Å²) < 4.78 is 20.6. The first-order valence-electron chi connectivity index (χ1n) is 10.9. The number of anilines is 1. The van der Waals surface area contributed by atoms with Crippen molar-refractivity contribution >= 4 is 23.2 Å². The monoisotopic (exact) mass is 446 g/mol. The van der Waals surface area contributed by atoms with Gasteiger partial charge in [-0.1, -0.05) is 11.3 Å². The van der Waals surface area contributed by atoms with E-state index in [2.05, 4.69) is 25.0 Å². The molecule has 166 valence electrons. The van der Waals surface area contributed by atoms with Gasteiger partial charge in [0.2, 0.25) is 0 Å². The van der Waals surface area contributed by atoms with E-state index in [1.807, 2.05) is 12.1 Å². The van der Waals surface area contributed by atoms with Gasteiger partial charge in [0.1, 0.15) is 17.5 Å². The second-order valence-corrected chi connectivity index (χ2v) is 9.40. The van der Waals surface area contributed by atoms with E-state index in [9.17, 15) is 4.79 Å². The van der Waals surface area contributed by atoms with Gasteiger partial charge in [-0.15, -0.1) is 10.2 Å². The number of carbonyl (C=O) groups excluding carboxylic acids is 1. The molecular formula is C21H27FN6O2S. The molecule has 10 heteroatoms. The molecule has 1 spiro atoms. The normalized spacial score (nSPS) is 25.6. The number of alkyl halides is 1. The molecule has 2 aromatic rings. The standard InChI is InChI=1S/C21H27FN6O2S/c1-2-30-20(29)28-12-21(13-28)6-5-16(17(21)22)26-8-10-27(11-9-26)18-15(4-3-7-23-18)19-25-24-14-31-19/h3-4,7,14,16-17H,2,5-6,8-13H2,1H3. The summed E-state index contributed by atoms with van der Waals surface area (Å²) in [7, 11) is 0. The minimum Gasteiger partial charge on any atom is -0.450 e. The molecule has 8 nitrogen and oxygen atoms in total. The van der Waals surface area contributed by atoms with Crippen LogP contribution in [0.15, 0.2) is 23.8 Å². The van der Waals surface area contributed by atoms with Crippen molar-refractivity contribution in [2.45, 2.75) is 32.0 Å². The summed E-state index contributed by atoms with van der Waals surface area (Å²) in [5.74, 6) is 0.919. The number of rotatable bonds is 4. The van der Waals surface area contributed by atoms with E-state index in [4.69, 9.17) is 4.74 Å². The van der Waals surface area contributed by atoms with Crippen molar-refractivity contribution in [1.29, 1.82) is 0 Å². The molecule has 2 saturated heterocycles. The summed E-state index contributed by atoms with van der Waals surface area (Å²) in [5.41, 5.74) is 2.33. The highest BCUT2D eigenvalue weighted by molar-refractivity contribution is 7.12. The molecule has 3 fully saturated rings. The average Bonchev–Trinajstić information content (AvgIpc) is 3.41. The van der Waals surface area contributed by atoms with Crippen LogP contribution < -0.4 is 4.90 Å². The van der Waals surface area contributed by atoms with Crippen molar-refractivity contribution < 1.29 is 13.9 Å². The van der Waals surface area contributed by atoms with Crippen molar-refractivity contribution in [2.75, 3.05) is 50.8 Å². The molecule has 0 aromatic carbocycles. The number of pyridine rings is 1. The minimum atomic E-state index is -0.906. The summed E-state index contributed by atoms with van der Waals surface area (Å²) in [5, 5.41) is 9.01. The number of carbonyl (C=O) groups is 1. The third-order valence-corrected chi connectivity index (χ3v) is 7.58. The minimum absolute atomic E-state index is 0.0714. The molecule has 0 radical (unpaired) electrons. The van der Waals surface area contributed by atoms with Crippen LogP contribution in [0, 0.1) is 5.41 Å². The lowest BCUT2D eigenvalue weighted by molar-refractivity contribution is -0.0503. The van der Waals surface area contributed by atoms with E-state index in [0.29, 0.717) is 19.7 Å². The van der Waals surface area contributed by atoms with Crippen molar-refractivity contribution in [1.82, 2.24) is 25.0 Å². The molecule has 0 N–H and O–H groups in total. The smallest absolute Gasteiger partial charge is 0.409 e. The summed E-state index contributed by atoms with van der Waals surface area (Å²) in [6.07, 6.45) is 2.25. The van der Waals surface area contributed by atoms with Crippen LogP contribution in [0.4, 0.5) is 15.0 Å². The van der Waals surface area contributed by atoms with E-state index in [-0.39, 0.29) is 17.6 Å². The fourth-order valence-electron chi connectivity index (χ4n) is 5.26. The highest BCUT2D eigenvalue weighted by Gasteiger charge is 2.58. The Hall–Kier alpha value is -2.33. The zero-order valence-corrected chi connectivity index (χ0v) is 18.4. The summed E-state index contributed by atoms with van der Waals surface area (Å²) in [6.45, 7) is 6.29. The largest absolute Gasteiger partial charge is 0.450 e. The van der Waals surface area contributed by atoms with E-state index < -0.39 is 6.17 Å². The van der Waals surface area contributed by atoms with Crippen LogP contribution >= 0.6 is 11.3 Å². The van der Waals surface area contributed by atoms with Crippen LogP contribution in [0.2, 0.25) is 0 Å². The average molecular weight is 447 g/mol. The quantitative estimate of drug-likeness (QED) is 0.715. The molecule has 0 bridgehead atoms. The number of likely N-dealkylation sites (tertiary alicyclic amines) is 1. The van der Waals surface area contributed by atoms with Gasteiger partial charge < -0.3 is 14.5 Å². The number of piperazine rings is 1. The highest BCUT2D eigenvalue weighted by atomic mass is 32.1. The molecule has 2 unspecified atom stereocenters. The first kappa shape index (κ1) is 20.6. The molecule has 2 aliphatic heterocycles. The van der Waals surface area contributed by atoms with Crippen LogP contribution in [0.3, 0.4) is 0 Å². The number of aromatic nitrogens is 3. The molecule has 5 rings (SSSR count). The third kappa shape index (κ3) is 3.65. The number of hydrogen-bond donors (Lipinski definition) is 0. The molecule has 2 aromatic heterocycles. The fourth-order valence-corrected chi connectivity index (χ4v) is 5.83. The first-order valence-corrected chi connectivity index (χ1v) is 11.8. The van der Waals surface area contributed by atoms with Crippen molar-refractivity contribution in [3.63, 3.8) is 0 Å². The Morgan fingerprint density at radius 2 is 2.13 bits per heavy atom. The fraction of sp³-hybridized carbons (Fsp3) is 0.619. The Morgan fingerprint density at radius 3 is 2.84 bits per heavy atom. The van der Waals surface area contributed by atoms with Gasteiger partial charge >= 0.3 is 6.09 Å². The second-order valence-electron chi connectivity index (χ2n) is 8.57. The zero-order valence-electron chi connectivity index (χ0n) is 17.6. The topological polar surface area (TPSA) is 74.7 Å². The van der Waals surface area contributed by atoms with Gasteiger partial charge in [-0.25, -0.2) is 14.2 Å². The number of halogens is 1. The maximum Gasteiger partial charge on any atom is 0.409 e.